The number of benzene rings is 1. The number of rotatable bonds is 5. The van der Waals surface area contributed by atoms with Gasteiger partial charge < -0.3 is 19.9 Å². The fourth-order valence-electron chi connectivity index (χ4n) is 2.88. The Bertz CT molecular complexity index is 731. The fourth-order valence-corrected chi connectivity index (χ4v) is 2.88. The second-order valence-electron chi connectivity index (χ2n) is 5.90. The lowest BCUT2D eigenvalue weighted by molar-refractivity contribution is -0.123. The van der Waals surface area contributed by atoms with Crippen LogP contribution in [0.15, 0.2) is 30.6 Å². The SMILES string of the molecule is CO[C@@H]1CN[C@H](C(=O)NCc2ccc(-n3ccnc3C)c(F)c2)C1. The van der Waals surface area contributed by atoms with E-state index in [4.69, 9.17) is 4.74 Å². The number of imidazole rings is 1. The average Bonchev–Trinajstić information content (AvgIpc) is 3.22. The average molecular weight is 332 g/mol. The van der Waals surface area contributed by atoms with Crippen LogP contribution in [0, 0.1) is 12.7 Å². The van der Waals surface area contributed by atoms with Crippen LogP contribution in [0.4, 0.5) is 4.39 Å². The molecule has 6 nitrogen and oxygen atoms in total. The summed E-state index contributed by atoms with van der Waals surface area (Å²) in [7, 11) is 1.64. The highest BCUT2D eigenvalue weighted by Gasteiger charge is 2.28. The Morgan fingerprint density at radius 2 is 2.38 bits per heavy atom. The third kappa shape index (κ3) is 3.47. The van der Waals surface area contributed by atoms with Crippen molar-refractivity contribution < 1.29 is 13.9 Å². The van der Waals surface area contributed by atoms with Crippen molar-refractivity contribution in [3.05, 3.63) is 47.8 Å². The Morgan fingerprint density at radius 3 is 3.00 bits per heavy atom. The van der Waals surface area contributed by atoms with E-state index in [2.05, 4.69) is 15.6 Å². The zero-order chi connectivity index (χ0) is 17.1. The van der Waals surface area contributed by atoms with Crippen molar-refractivity contribution >= 4 is 5.91 Å². The van der Waals surface area contributed by atoms with Gasteiger partial charge in [-0.25, -0.2) is 9.37 Å². The number of methoxy groups -OCH3 is 1. The van der Waals surface area contributed by atoms with Gasteiger partial charge >= 0.3 is 0 Å². The van der Waals surface area contributed by atoms with E-state index in [9.17, 15) is 9.18 Å². The van der Waals surface area contributed by atoms with E-state index in [0.29, 0.717) is 24.2 Å². The standard InChI is InChI=1S/C17H21FN4O2/c1-11-19-5-6-22(11)16-4-3-12(7-14(16)18)9-21-17(23)15-8-13(24-2)10-20-15/h3-7,13,15,20H,8-10H2,1-2H3,(H,21,23)/t13-,15-/m0/s1. The minimum absolute atomic E-state index is 0.0656. The Labute approximate surface area is 140 Å². The first-order valence-electron chi connectivity index (χ1n) is 7.91. The lowest BCUT2D eigenvalue weighted by Gasteiger charge is -2.12. The molecule has 0 saturated carbocycles. The number of amides is 1. The van der Waals surface area contributed by atoms with Gasteiger partial charge in [-0.05, 0) is 31.0 Å². The minimum atomic E-state index is -0.346. The predicted molar refractivity (Wildman–Crippen MR) is 87.3 cm³/mol. The molecule has 1 aromatic heterocycles. The lowest BCUT2D eigenvalue weighted by atomic mass is 10.1. The summed E-state index contributed by atoms with van der Waals surface area (Å²) in [4.78, 5) is 16.2. The number of hydrogen-bond acceptors (Lipinski definition) is 4. The summed E-state index contributed by atoms with van der Waals surface area (Å²) in [6, 6.07) is 4.68. The first kappa shape index (κ1) is 16.6. The molecule has 1 aliphatic rings. The van der Waals surface area contributed by atoms with Gasteiger partial charge in [0.05, 0.1) is 17.8 Å². The van der Waals surface area contributed by atoms with Crippen LogP contribution in [-0.4, -0.2) is 41.3 Å². The largest absolute Gasteiger partial charge is 0.380 e. The number of nitrogens with one attached hydrogen (secondary N) is 2. The van der Waals surface area contributed by atoms with Gasteiger partial charge in [0.2, 0.25) is 5.91 Å². The second kappa shape index (κ2) is 7.11. The van der Waals surface area contributed by atoms with Gasteiger partial charge in [-0.15, -0.1) is 0 Å². The van der Waals surface area contributed by atoms with E-state index in [-0.39, 0.29) is 30.4 Å². The number of hydrogen-bond donors (Lipinski definition) is 2. The van der Waals surface area contributed by atoms with Gasteiger partial charge in [0.25, 0.3) is 0 Å². The molecule has 3 rings (SSSR count). The highest BCUT2D eigenvalue weighted by Crippen LogP contribution is 2.17. The molecular weight excluding hydrogens is 311 g/mol. The second-order valence-corrected chi connectivity index (χ2v) is 5.90. The number of nitrogens with zero attached hydrogens (tertiary/aromatic N) is 2. The molecular formula is C17H21FN4O2. The lowest BCUT2D eigenvalue weighted by Crippen LogP contribution is -2.40. The summed E-state index contributed by atoms with van der Waals surface area (Å²) in [6.07, 6.45) is 4.06. The molecule has 2 atom stereocenters. The monoisotopic (exact) mass is 332 g/mol. The Hall–Kier alpha value is -2.25. The first-order chi connectivity index (χ1) is 11.6. The molecule has 0 aliphatic carbocycles. The molecule has 1 aromatic carbocycles. The van der Waals surface area contributed by atoms with Crippen molar-refractivity contribution in [3.63, 3.8) is 0 Å². The molecule has 1 amide bonds. The molecule has 2 aromatic rings. The third-order valence-electron chi connectivity index (χ3n) is 4.30. The molecule has 128 valence electrons. The first-order valence-corrected chi connectivity index (χ1v) is 7.91. The highest BCUT2D eigenvalue weighted by molar-refractivity contribution is 5.82. The summed E-state index contributed by atoms with van der Waals surface area (Å²) >= 11 is 0. The number of halogens is 1. The summed E-state index contributed by atoms with van der Waals surface area (Å²) in [5.41, 5.74) is 1.16. The van der Waals surface area contributed by atoms with Crippen molar-refractivity contribution in [2.45, 2.75) is 32.0 Å². The minimum Gasteiger partial charge on any atom is -0.380 e. The Kier molecular flexibility index (Phi) is 4.92. The van der Waals surface area contributed by atoms with Crippen LogP contribution in [-0.2, 0) is 16.1 Å². The zero-order valence-corrected chi connectivity index (χ0v) is 13.8. The van der Waals surface area contributed by atoms with Crippen LogP contribution < -0.4 is 10.6 Å². The smallest absolute Gasteiger partial charge is 0.237 e. The van der Waals surface area contributed by atoms with Crippen molar-refractivity contribution in [1.29, 1.82) is 0 Å². The van der Waals surface area contributed by atoms with E-state index < -0.39 is 0 Å². The maximum absolute atomic E-state index is 14.3. The van der Waals surface area contributed by atoms with Gasteiger partial charge in [0.15, 0.2) is 0 Å². The Balaban J connectivity index is 1.61. The quantitative estimate of drug-likeness (QED) is 0.866. The van der Waals surface area contributed by atoms with E-state index in [1.165, 1.54) is 6.07 Å². The molecule has 0 spiro atoms. The topological polar surface area (TPSA) is 68.2 Å². The molecule has 2 N–H and O–H groups in total. The normalized spacial score (nSPS) is 20.3. The van der Waals surface area contributed by atoms with E-state index in [1.54, 1.807) is 36.2 Å². The summed E-state index contributed by atoms with van der Waals surface area (Å²) in [5.74, 6) is 0.278. The van der Waals surface area contributed by atoms with Gasteiger partial charge in [-0.3, -0.25) is 4.79 Å². The number of aryl methyl sites for hydroxylation is 1. The number of carbonyl (C=O) groups excluding carboxylic acids is 1. The molecule has 1 fully saturated rings. The van der Waals surface area contributed by atoms with E-state index >= 15 is 0 Å². The molecule has 0 radical (unpaired) electrons. The zero-order valence-electron chi connectivity index (χ0n) is 13.8. The van der Waals surface area contributed by atoms with Crippen molar-refractivity contribution in [2.75, 3.05) is 13.7 Å². The predicted octanol–water partition coefficient (Wildman–Crippen LogP) is 1.31. The van der Waals surface area contributed by atoms with E-state index in [0.717, 1.165) is 5.82 Å². The van der Waals surface area contributed by atoms with Crippen molar-refractivity contribution in [3.8, 4) is 5.69 Å². The van der Waals surface area contributed by atoms with Crippen LogP contribution in [0.3, 0.4) is 0 Å². The molecule has 1 aliphatic heterocycles. The number of ether oxygens (including phenoxy) is 1. The molecule has 0 unspecified atom stereocenters. The van der Waals surface area contributed by atoms with Gasteiger partial charge in [-0.1, -0.05) is 6.07 Å². The molecule has 24 heavy (non-hydrogen) atoms. The molecule has 1 saturated heterocycles. The summed E-state index contributed by atoms with van der Waals surface area (Å²) in [5, 5.41) is 5.95. The Morgan fingerprint density at radius 1 is 1.54 bits per heavy atom. The summed E-state index contributed by atoms with van der Waals surface area (Å²) < 4.78 is 21.2. The van der Waals surface area contributed by atoms with Crippen LogP contribution in [0.1, 0.15) is 17.8 Å². The number of carbonyl (C=O) groups is 1. The van der Waals surface area contributed by atoms with Crippen LogP contribution in [0.2, 0.25) is 0 Å². The van der Waals surface area contributed by atoms with Crippen molar-refractivity contribution in [2.24, 2.45) is 0 Å². The van der Waals surface area contributed by atoms with Crippen LogP contribution in [0.25, 0.3) is 5.69 Å². The van der Waals surface area contributed by atoms with E-state index in [1.807, 2.05) is 6.92 Å². The van der Waals surface area contributed by atoms with Crippen LogP contribution >= 0.6 is 0 Å². The summed E-state index contributed by atoms with van der Waals surface area (Å²) in [6.45, 7) is 2.77. The number of aromatic nitrogens is 2. The molecule has 2 heterocycles. The third-order valence-corrected chi connectivity index (χ3v) is 4.30. The van der Waals surface area contributed by atoms with Gasteiger partial charge in [-0.2, -0.15) is 0 Å². The molecule has 0 bridgehead atoms. The van der Waals surface area contributed by atoms with Crippen LogP contribution in [0.5, 0.6) is 0 Å². The maximum Gasteiger partial charge on any atom is 0.237 e. The highest BCUT2D eigenvalue weighted by atomic mass is 19.1. The molecule has 7 heteroatoms. The fraction of sp³-hybridized carbons (Fsp3) is 0.412. The van der Waals surface area contributed by atoms with Gasteiger partial charge in [0.1, 0.15) is 11.6 Å². The van der Waals surface area contributed by atoms with Crippen molar-refractivity contribution in [1.82, 2.24) is 20.2 Å². The maximum atomic E-state index is 14.3. The van der Waals surface area contributed by atoms with Gasteiger partial charge in [0, 0.05) is 32.6 Å².